The molecule has 0 bridgehead atoms. The van der Waals surface area contributed by atoms with Crippen LogP contribution < -0.4 is 0 Å². The third-order valence-corrected chi connectivity index (χ3v) is 0.295. The summed E-state index contributed by atoms with van der Waals surface area (Å²) in [4.78, 5) is 0. The van der Waals surface area contributed by atoms with Crippen LogP contribution in [0.5, 0.6) is 0 Å². The molecule has 0 rings (SSSR count). The molecular weight excluding hydrogens is 212 g/mol. The molecule has 0 spiro atoms. The van der Waals surface area contributed by atoms with Gasteiger partial charge in [0, 0.05) is 47.9 Å². The van der Waals surface area contributed by atoms with Crippen LogP contribution in [-0.4, -0.2) is 25.4 Å². The first-order valence-corrected chi connectivity index (χ1v) is 1.51. The van der Waals surface area contributed by atoms with Crippen LogP contribution in [-0.2, 0) is 4.74 Å². The summed E-state index contributed by atoms with van der Waals surface area (Å²) in [7, 11) is 1.55. The van der Waals surface area contributed by atoms with Gasteiger partial charge in [0.15, 0.2) is 0 Å². The van der Waals surface area contributed by atoms with Gasteiger partial charge in [0.05, 0.1) is 13.2 Å². The normalized spacial score (nSPS) is 7.00. The third-order valence-electron chi connectivity index (χ3n) is 0.295. The summed E-state index contributed by atoms with van der Waals surface area (Å²) in [6.45, 7) is 0.566. The van der Waals surface area contributed by atoms with E-state index in [0.717, 1.165) is 0 Å². The maximum atomic E-state index is 7.94. The average molecular weight is 220 g/mol. The Balaban J connectivity index is 0. The van der Waals surface area contributed by atoms with Gasteiger partial charge in [-0.3, -0.25) is 0 Å². The van der Waals surface area contributed by atoms with E-state index in [1.54, 1.807) is 7.11 Å². The molecule has 0 aromatic carbocycles. The fourth-order valence-corrected chi connectivity index (χ4v) is 0.0913. The molecule has 0 atom stereocenters. The number of hydrogen-bond acceptors (Lipinski definition) is 2. The standard InChI is InChI=1S/C3H8O2.Nd/c1-5-3-2-4;/h4H,2-3H2,1H3;. The van der Waals surface area contributed by atoms with Gasteiger partial charge in [-0.05, 0) is 0 Å². The molecule has 0 aromatic rings. The minimum absolute atomic E-state index is 0. The first-order valence-electron chi connectivity index (χ1n) is 1.51. The Morgan fingerprint density at radius 3 is 2.17 bits per heavy atom. The molecule has 0 amide bonds. The zero-order valence-electron chi connectivity index (χ0n) is 3.77. The number of methoxy groups -OCH3 is 1. The van der Waals surface area contributed by atoms with E-state index in [1.807, 2.05) is 0 Å². The fourth-order valence-electron chi connectivity index (χ4n) is 0.0913. The summed E-state index contributed by atoms with van der Waals surface area (Å²) in [6.07, 6.45) is 0. The molecule has 0 fully saturated rings. The minimum atomic E-state index is 0. The van der Waals surface area contributed by atoms with E-state index in [0.29, 0.717) is 6.61 Å². The molecule has 0 radical (unpaired) electrons. The Morgan fingerprint density at radius 1 is 1.67 bits per heavy atom. The van der Waals surface area contributed by atoms with Crippen LogP contribution in [0, 0.1) is 40.8 Å². The van der Waals surface area contributed by atoms with E-state index in [4.69, 9.17) is 5.11 Å². The topological polar surface area (TPSA) is 29.5 Å². The molecule has 0 unspecified atom stereocenters. The summed E-state index contributed by atoms with van der Waals surface area (Å²) in [5.41, 5.74) is 0. The molecule has 0 aliphatic rings. The van der Waals surface area contributed by atoms with Crippen LogP contribution in [0.1, 0.15) is 0 Å². The molecule has 2 nitrogen and oxygen atoms in total. The number of hydrogen-bond donors (Lipinski definition) is 1. The Morgan fingerprint density at radius 2 is 2.17 bits per heavy atom. The molecule has 1 N–H and O–H groups in total. The van der Waals surface area contributed by atoms with Gasteiger partial charge in [0.2, 0.25) is 0 Å². The van der Waals surface area contributed by atoms with Crippen molar-refractivity contribution in [3.8, 4) is 0 Å². The predicted octanol–water partition coefficient (Wildman–Crippen LogP) is -0.375. The van der Waals surface area contributed by atoms with Gasteiger partial charge in [0.1, 0.15) is 0 Å². The molecule has 0 saturated carbocycles. The van der Waals surface area contributed by atoms with E-state index < -0.39 is 0 Å². The molecule has 36 valence electrons. The van der Waals surface area contributed by atoms with Crippen LogP contribution in [0.25, 0.3) is 0 Å². The summed E-state index contributed by atoms with van der Waals surface area (Å²) in [6, 6.07) is 0. The van der Waals surface area contributed by atoms with Crippen molar-refractivity contribution in [1.29, 1.82) is 0 Å². The molecule has 3 heteroatoms. The van der Waals surface area contributed by atoms with Gasteiger partial charge in [-0.15, -0.1) is 0 Å². The Kier molecular flexibility index (Phi) is 16.4. The van der Waals surface area contributed by atoms with Gasteiger partial charge in [-0.25, -0.2) is 0 Å². The molecule has 6 heavy (non-hydrogen) atoms. The average Bonchev–Trinajstić information content (AvgIpc) is 1.41. The maximum Gasteiger partial charge on any atom is 0.0693 e. The minimum Gasteiger partial charge on any atom is -0.394 e. The molecular formula is C3H8NdO2. The van der Waals surface area contributed by atoms with Gasteiger partial charge in [0.25, 0.3) is 0 Å². The van der Waals surface area contributed by atoms with Crippen molar-refractivity contribution in [3.63, 3.8) is 0 Å². The van der Waals surface area contributed by atoms with Crippen LogP contribution >= 0.6 is 0 Å². The molecule has 0 heterocycles. The smallest absolute Gasteiger partial charge is 0.0693 e. The van der Waals surface area contributed by atoms with E-state index in [2.05, 4.69) is 4.74 Å². The molecule has 0 aliphatic carbocycles. The Bertz CT molecular complexity index is 16.3. The number of ether oxygens (including phenoxy) is 1. The number of aliphatic hydroxyl groups is 1. The second kappa shape index (κ2) is 9.55. The van der Waals surface area contributed by atoms with Gasteiger partial charge in [-0.2, -0.15) is 0 Å². The van der Waals surface area contributed by atoms with Crippen LogP contribution in [0.15, 0.2) is 0 Å². The van der Waals surface area contributed by atoms with Gasteiger partial charge in [-0.1, -0.05) is 0 Å². The van der Waals surface area contributed by atoms with Crippen LogP contribution in [0.4, 0.5) is 0 Å². The van der Waals surface area contributed by atoms with Crippen molar-refractivity contribution < 1.29 is 50.7 Å². The summed E-state index contributed by atoms with van der Waals surface area (Å²) in [5.74, 6) is 0. The zero-order valence-corrected chi connectivity index (χ0v) is 6.98. The van der Waals surface area contributed by atoms with Gasteiger partial charge >= 0.3 is 0 Å². The monoisotopic (exact) mass is 218 g/mol. The summed E-state index contributed by atoms with van der Waals surface area (Å²) in [5, 5.41) is 7.94. The first kappa shape index (κ1) is 10.3. The van der Waals surface area contributed by atoms with Crippen molar-refractivity contribution in [2.45, 2.75) is 0 Å². The van der Waals surface area contributed by atoms with Crippen molar-refractivity contribution in [1.82, 2.24) is 0 Å². The van der Waals surface area contributed by atoms with Crippen LogP contribution in [0.2, 0.25) is 0 Å². The molecule has 0 aromatic heterocycles. The second-order valence-corrected chi connectivity index (χ2v) is 0.716. The summed E-state index contributed by atoms with van der Waals surface area (Å²) < 4.78 is 4.44. The van der Waals surface area contributed by atoms with Crippen molar-refractivity contribution >= 4 is 0 Å². The molecule has 0 saturated heterocycles. The van der Waals surface area contributed by atoms with Crippen molar-refractivity contribution in [3.05, 3.63) is 0 Å². The zero-order chi connectivity index (χ0) is 4.12. The van der Waals surface area contributed by atoms with E-state index >= 15 is 0 Å². The van der Waals surface area contributed by atoms with Crippen LogP contribution in [0.3, 0.4) is 0 Å². The second-order valence-electron chi connectivity index (χ2n) is 0.716. The molecule has 0 aliphatic heterocycles. The number of rotatable bonds is 2. The van der Waals surface area contributed by atoms with E-state index in [9.17, 15) is 0 Å². The van der Waals surface area contributed by atoms with Crippen molar-refractivity contribution in [2.24, 2.45) is 0 Å². The first-order chi connectivity index (χ1) is 2.41. The van der Waals surface area contributed by atoms with Gasteiger partial charge < -0.3 is 9.84 Å². The Labute approximate surface area is 70.4 Å². The summed E-state index contributed by atoms with van der Waals surface area (Å²) >= 11 is 0. The largest absolute Gasteiger partial charge is 0.394 e. The van der Waals surface area contributed by atoms with Crippen molar-refractivity contribution in [2.75, 3.05) is 20.3 Å². The SMILES string of the molecule is COCCO.[Nd]. The fraction of sp³-hybridized carbons (Fsp3) is 1.00. The quantitative estimate of drug-likeness (QED) is 0.688. The van der Waals surface area contributed by atoms with E-state index in [1.165, 1.54) is 0 Å². The number of aliphatic hydroxyl groups excluding tert-OH is 1. The Hall–Kier alpha value is 1.27. The maximum absolute atomic E-state index is 7.94. The third kappa shape index (κ3) is 8.99. The predicted molar refractivity (Wildman–Crippen MR) is 19.0 cm³/mol. The van der Waals surface area contributed by atoms with E-state index in [-0.39, 0.29) is 47.4 Å².